The highest BCUT2D eigenvalue weighted by molar-refractivity contribution is 6.42. The molecule has 1 radical (unpaired) electrons. The Labute approximate surface area is 74.1 Å². The van der Waals surface area contributed by atoms with Crippen LogP contribution in [0.15, 0.2) is 18.2 Å². The molecule has 57 valence electrons. The van der Waals surface area contributed by atoms with Gasteiger partial charge in [-0.2, -0.15) is 0 Å². The number of benzene rings is 1. The Kier molecular flexibility index (Phi) is 2.74. The first-order valence-corrected chi connectivity index (χ1v) is 3.58. The molecular weight excluding hydrogens is 185 g/mol. The van der Waals surface area contributed by atoms with Crippen molar-refractivity contribution in [3.8, 4) is 0 Å². The average molecular weight is 189 g/mol. The average Bonchev–Trinajstić information content (AvgIpc) is 1.98. The highest BCUT2D eigenvalue weighted by Crippen LogP contribution is 2.24. The van der Waals surface area contributed by atoms with Crippen molar-refractivity contribution in [2.45, 2.75) is 0 Å². The molecule has 0 aromatic heterocycles. The van der Waals surface area contributed by atoms with E-state index in [1.54, 1.807) is 18.2 Å². The maximum atomic E-state index is 9.86. The quantitative estimate of drug-likeness (QED) is 0.711. The maximum Gasteiger partial charge on any atom is 0.314 e. The first kappa shape index (κ1) is 8.37. The monoisotopic (exact) mass is 188 g/mol. The van der Waals surface area contributed by atoms with Crippen LogP contribution >= 0.6 is 23.2 Å². The van der Waals surface area contributed by atoms with E-state index in [1.807, 2.05) is 0 Å². The molecule has 1 aromatic carbocycles. The second kappa shape index (κ2) is 3.60. The highest BCUT2D eigenvalue weighted by atomic mass is 35.5. The van der Waals surface area contributed by atoms with E-state index in [1.165, 1.54) is 6.41 Å². The third kappa shape index (κ3) is 2.10. The molecule has 0 aliphatic rings. The van der Waals surface area contributed by atoms with Gasteiger partial charge in [-0.3, -0.25) is 4.79 Å². The number of nitrogens with one attached hydrogen (secondary N) is 1. The van der Waals surface area contributed by atoms with Crippen molar-refractivity contribution >= 4 is 35.3 Å². The normalized spacial score (nSPS) is 9.27. The molecule has 0 bridgehead atoms. The van der Waals surface area contributed by atoms with E-state index in [0.717, 1.165) is 0 Å². The smallest absolute Gasteiger partial charge is 0.314 e. The van der Waals surface area contributed by atoms with Crippen LogP contribution in [0, 0.1) is 0 Å². The van der Waals surface area contributed by atoms with Gasteiger partial charge in [-0.05, 0) is 18.2 Å². The molecule has 0 heterocycles. The fourth-order valence-electron chi connectivity index (χ4n) is 0.633. The van der Waals surface area contributed by atoms with Gasteiger partial charge in [0, 0.05) is 5.69 Å². The second-order valence-corrected chi connectivity index (χ2v) is 2.67. The number of carbonyl (C=O) groups excluding carboxylic acids is 1. The van der Waals surface area contributed by atoms with E-state index in [-0.39, 0.29) is 0 Å². The molecule has 0 aliphatic carbocycles. The highest BCUT2D eigenvalue weighted by Gasteiger charge is 1.97. The molecule has 2 nitrogen and oxygen atoms in total. The summed E-state index contributed by atoms with van der Waals surface area (Å²) >= 11 is 11.3. The summed E-state index contributed by atoms with van der Waals surface area (Å²) in [6.45, 7) is 0. The third-order valence-corrected chi connectivity index (χ3v) is 1.85. The summed E-state index contributed by atoms with van der Waals surface area (Å²) in [6.07, 6.45) is 1.53. The van der Waals surface area contributed by atoms with Crippen molar-refractivity contribution in [1.29, 1.82) is 0 Å². The molecule has 0 spiro atoms. The number of halogens is 2. The SMILES string of the molecule is O=[C]Nc1ccc(Cl)c(Cl)c1. The molecule has 0 atom stereocenters. The van der Waals surface area contributed by atoms with Gasteiger partial charge in [0.05, 0.1) is 10.0 Å². The molecule has 1 amide bonds. The van der Waals surface area contributed by atoms with Crippen molar-refractivity contribution in [2.24, 2.45) is 0 Å². The Balaban J connectivity index is 2.95. The number of anilines is 1. The predicted molar refractivity (Wildman–Crippen MR) is 45.8 cm³/mol. The van der Waals surface area contributed by atoms with Crippen molar-refractivity contribution in [2.75, 3.05) is 5.32 Å². The van der Waals surface area contributed by atoms with Crippen molar-refractivity contribution in [1.82, 2.24) is 0 Å². The zero-order valence-corrected chi connectivity index (χ0v) is 6.91. The van der Waals surface area contributed by atoms with E-state index >= 15 is 0 Å². The van der Waals surface area contributed by atoms with E-state index < -0.39 is 0 Å². The Morgan fingerprint density at radius 3 is 2.55 bits per heavy atom. The van der Waals surface area contributed by atoms with Gasteiger partial charge in [-0.1, -0.05) is 23.2 Å². The summed E-state index contributed by atoms with van der Waals surface area (Å²) in [5.74, 6) is 0. The summed E-state index contributed by atoms with van der Waals surface area (Å²) in [5, 5.41) is 3.20. The second-order valence-electron chi connectivity index (χ2n) is 1.86. The minimum atomic E-state index is 0.409. The van der Waals surface area contributed by atoms with E-state index in [4.69, 9.17) is 23.2 Å². The molecule has 0 unspecified atom stereocenters. The van der Waals surface area contributed by atoms with E-state index in [9.17, 15) is 4.79 Å². The lowest BCUT2D eigenvalue weighted by atomic mass is 10.3. The lowest BCUT2D eigenvalue weighted by molar-refractivity contribution is 0.561. The zero-order chi connectivity index (χ0) is 8.27. The first-order chi connectivity index (χ1) is 5.24. The fraction of sp³-hybridized carbons (Fsp3) is 0. The zero-order valence-electron chi connectivity index (χ0n) is 5.40. The van der Waals surface area contributed by atoms with Crippen molar-refractivity contribution in [3.63, 3.8) is 0 Å². The molecule has 1 N–H and O–H groups in total. The van der Waals surface area contributed by atoms with Gasteiger partial charge in [0.25, 0.3) is 0 Å². The van der Waals surface area contributed by atoms with Crippen LogP contribution in [0.25, 0.3) is 0 Å². The number of rotatable bonds is 2. The summed E-state index contributed by atoms with van der Waals surface area (Å²) in [6, 6.07) is 4.79. The largest absolute Gasteiger partial charge is 0.318 e. The number of amides is 1. The summed E-state index contributed by atoms with van der Waals surface area (Å²) < 4.78 is 0. The van der Waals surface area contributed by atoms with Gasteiger partial charge in [0.15, 0.2) is 0 Å². The van der Waals surface area contributed by atoms with Gasteiger partial charge in [-0.15, -0.1) is 0 Å². The molecule has 11 heavy (non-hydrogen) atoms. The number of hydrogen-bond acceptors (Lipinski definition) is 1. The molecule has 0 saturated carbocycles. The van der Waals surface area contributed by atoms with E-state index in [0.29, 0.717) is 15.7 Å². The Bertz CT molecular complexity index is 275. The molecule has 1 rings (SSSR count). The molecule has 0 fully saturated rings. The van der Waals surface area contributed by atoms with Crippen molar-refractivity contribution in [3.05, 3.63) is 28.2 Å². The minimum Gasteiger partial charge on any atom is -0.318 e. The van der Waals surface area contributed by atoms with Crippen LogP contribution in [-0.4, -0.2) is 6.41 Å². The first-order valence-electron chi connectivity index (χ1n) is 2.82. The lowest BCUT2D eigenvalue weighted by Crippen LogP contribution is -1.92. The van der Waals surface area contributed by atoms with Gasteiger partial charge in [0.1, 0.15) is 0 Å². The van der Waals surface area contributed by atoms with E-state index in [2.05, 4.69) is 5.32 Å². The van der Waals surface area contributed by atoms with Gasteiger partial charge in [-0.25, -0.2) is 0 Å². The summed E-state index contributed by atoms with van der Waals surface area (Å²) in [4.78, 5) is 9.86. The minimum absolute atomic E-state index is 0.409. The molecule has 0 saturated heterocycles. The fourth-order valence-corrected chi connectivity index (χ4v) is 0.931. The molecule has 1 aromatic rings. The standard InChI is InChI=1S/C7H4Cl2NO/c8-6-2-1-5(10-4-11)3-7(6)9/h1-3H,(H,10,11). The molecule has 4 heteroatoms. The van der Waals surface area contributed by atoms with Gasteiger partial charge in [0.2, 0.25) is 0 Å². The molecular formula is C7H4Cl2NO. The van der Waals surface area contributed by atoms with Crippen LogP contribution in [-0.2, 0) is 4.79 Å². The van der Waals surface area contributed by atoms with Crippen LogP contribution in [0.5, 0.6) is 0 Å². The Morgan fingerprint density at radius 2 is 2.00 bits per heavy atom. The van der Waals surface area contributed by atoms with Crippen LogP contribution in [0.1, 0.15) is 0 Å². The molecule has 0 aliphatic heterocycles. The van der Waals surface area contributed by atoms with Crippen LogP contribution in [0.2, 0.25) is 10.0 Å². The van der Waals surface area contributed by atoms with Crippen LogP contribution in [0.4, 0.5) is 5.69 Å². The summed E-state index contributed by atoms with van der Waals surface area (Å²) in [7, 11) is 0. The topological polar surface area (TPSA) is 29.1 Å². The predicted octanol–water partition coefficient (Wildman–Crippen LogP) is 2.47. The third-order valence-electron chi connectivity index (χ3n) is 1.11. The Morgan fingerprint density at radius 1 is 1.27 bits per heavy atom. The summed E-state index contributed by atoms with van der Waals surface area (Å²) in [5.41, 5.74) is 0.578. The van der Waals surface area contributed by atoms with Crippen molar-refractivity contribution < 1.29 is 4.79 Å². The van der Waals surface area contributed by atoms with Gasteiger partial charge >= 0.3 is 6.41 Å². The van der Waals surface area contributed by atoms with Crippen LogP contribution in [0.3, 0.4) is 0 Å². The lowest BCUT2D eigenvalue weighted by Gasteiger charge is -1.98. The number of hydrogen-bond donors (Lipinski definition) is 1. The van der Waals surface area contributed by atoms with Gasteiger partial charge < -0.3 is 5.32 Å². The Hall–Kier alpha value is -0.730. The maximum absolute atomic E-state index is 9.86. The van der Waals surface area contributed by atoms with Crippen LogP contribution < -0.4 is 5.32 Å².